The van der Waals surface area contributed by atoms with Gasteiger partial charge in [0, 0.05) is 49.9 Å². The van der Waals surface area contributed by atoms with Crippen molar-refractivity contribution >= 4 is 11.7 Å². The van der Waals surface area contributed by atoms with Gasteiger partial charge in [0.25, 0.3) is 0 Å². The maximum Gasteiger partial charge on any atom is 0.322 e. The first-order valence-corrected chi connectivity index (χ1v) is 10.8. The molecule has 0 radical (unpaired) electrons. The number of carbonyl (C=O) groups excluding carboxylic acids is 1. The predicted molar refractivity (Wildman–Crippen MR) is 123 cm³/mol. The average Bonchev–Trinajstić information content (AvgIpc) is 3.24. The van der Waals surface area contributed by atoms with Crippen LogP contribution in [0, 0.1) is 12.7 Å². The molecule has 0 saturated carbocycles. The van der Waals surface area contributed by atoms with Crippen molar-refractivity contribution in [2.45, 2.75) is 26.6 Å². The number of nitrogens with zero attached hydrogens (tertiary/aromatic N) is 3. The normalized spacial score (nSPS) is 11.9. The molecule has 0 aliphatic carbocycles. The molecule has 0 fully saturated rings. The van der Waals surface area contributed by atoms with Crippen LogP contribution in [0.25, 0.3) is 11.5 Å². The second kappa shape index (κ2) is 12.0. The summed E-state index contributed by atoms with van der Waals surface area (Å²) >= 11 is 0. The zero-order chi connectivity index (χ0) is 23.6. The first-order valence-electron chi connectivity index (χ1n) is 10.8. The standard InChI is InChI=1S/C23H29FN6O3/c1-16(31)26-12-10-25-11-13-27-23(32)30(20-6-4-3-5-7-20)15-19-9-8-18(14-21(19)24)22-29-28-17(2)33-22/h3-9,14,16,25-26,31H,10-13,15H2,1-2H3,(H,27,32). The van der Waals surface area contributed by atoms with Gasteiger partial charge in [0.05, 0.1) is 6.54 Å². The number of rotatable bonds is 11. The van der Waals surface area contributed by atoms with Gasteiger partial charge in [0.2, 0.25) is 11.8 Å². The number of aryl methyl sites for hydroxylation is 1. The Morgan fingerprint density at radius 1 is 1.12 bits per heavy atom. The molecule has 2 aromatic carbocycles. The van der Waals surface area contributed by atoms with Gasteiger partial charge >= 0.3 is 6.03 Å². The Bertz CT molecular complexity index is 1030. The fourth-order valence-corrected chi connectivity index (χ4v) is 3.13. The molecular weight excluding hydrogens is 427 g/mol. The number of aromatic nitrogens is 2. The minimum absolute atomic E-state index is 0.0521. The van der Waals surface area contributed by atoms with Crippen LogP contribution < -0.4 is 20.9 Å². The Labute approximate surface area is 192 Å². The lowest BCUT2D eigenvalue weighted by molar-refractivity contribution is 0.157. The highest BCUT2D eigenvalue weighted by atomic mass is 19.1. The second-order valence-corrected chi connectivity index (χ2v) is 7.47. The number of nitrogens with one attached hydrogen (secondary N) is 3. The van der Waals surface area contributed by atoms with Gasteiger partial charge in [0.15, 0.2) is 0 Å². The summed E-state index contributed by atoms with van der Waals surface area (Å²) in [6.45, 7) is 5.59. The van der Waals surface area contributed by atoms with Crippen molar-refractivity contribution in [1.29, 1.82) is 0 Å². The van der Waals surface area contributed by atoms with Crippen LogP contribution in [0.2, 0.25) is 0 Å². The summed E-state index contributed by atoms with van der Waals surface area (Å²) in [5, 5.41) is 25.8. The lowest BCUT2D eigenvalue weighted by Crippen LogP contribution is -2.43. The summed E-state index contributed by atoms with van der Waals surface area (Å²) in [7, 11) is 0. The maximum atomic E-state index is 14.9. The van der Waals surface area contributed by atoms with Crippen LogP contribution in [0.5, 0.6) is 0 Å². The average molecular weight is 457 g/mol. The zero-order valence-corrected chi connectivity index (χ0v) is 18.7. The smallest absolute Gasteiger partial charge is 0.322 e. The fourth-order valence-electron chi connectivity index (χ4n) is 3.13. The number of carbonyl (C=O) groups is 1. The van der Waals surface area contributed by atoms with Gasteiger partial charge in [-0.1, -0.05) is 24.3 Å². The van der Waals surface area contributed by atoms with Crippen molar-refractivity contribution < 1.29 is 18.7 Å². The van der Waals surface area contributed by atoms with E-state index in [2.05, 4.69) is 26.1 Å². The van der Waals surface area contributed by atoms with Crippen molar-refractivity contribution in [2.75, 3.05) is 31.1 Å². The molecule has 176 valence electrons. The topological polar surface area (TPSA) is 116 Å². The Kier molecular flexibility index (Phi) is 8.87. The van der Waals surface area contributed by atoms with E-state index in [1.165, 1.54) is 11.0 Å². The third-order valence-corrected chi connectivity index (χ3v) is 4.79. The molecule has 0 aliphatic heterocycles. The largest absolute Gasteiger partial charge is 0.421 e. The SMILES string of the molecule is Cc1nnc(-c2ccc(CN(C(=O)NCCNCCNC(C)O)c3ccccc3)c(F)c2)o1. The van der Waals surface area contributed by atoms with E-state index in [4.69, 9.17) is 4.42 Å². The Morgan fingerprint density at radius 3 is 2.55 bits per heavy atom. The summed E-state index contributed by atoms with van der Waals surface area (Å²) in [4.78, 5) is 14.4. The third kappa shape index (κ3) is 7.35. The van der Waals surface area contributed by atoms with Crippen molar-refractivity contribution in [2.24, 2.45) is 0 Å². The van der Waals surface area contributed by atoms with E-state index >= 15 is 0 Å². The molecule has 3 aromatic rings. The number of aliphatic hydroxyl groups excluding tert-OH is 1. The molecule has 0 saturated heterocycles. The first kappa shape index (κ1) is 24.3. The summed E-state index contributed by atoms with van der Waals surface area (Å²) in [5.74, 6) is 0.172. The Morgan fingerprint density at radius 2 is 1.88 bits per heavy atom. The number of halogens is 1. The third-order valence-electron chi connectivity index (χ3n) is 4.79. The number of anilines is 1. The lowest BCUT2D eigenvalue weighted by atomic mass is 10.1. The van der Waals surface area contributed by atoms with Crippen LogP contribution in [0.3, 0.4) is 0 Å². The number of hydrogen-bond acceptors (Lipinski definition) is 7. The highest BCUT2D eigenvalue weighted by Gasteiger charge is 2.18. The molecule has 1 atom stereocenters. The highest BCUT2D eigenvalue weighted by Crippen LogP contribution is 2.23. The number of amides is 2. The second-order valence-electron chi connectivity index (χ2n) is 7.47. The van der Waals surface area contributed by atoms with E-state index in [9.17, 15) is 14.3 Å². The minimum Gasteiger partial charge on any atom is -0.421 e. The molecular formula is C23H29FN6O3. The quantitative estimate of drug-likeness (QED) is 0.259. The molecule has 10 heteroatoms. The van der Waals surface area contributed by atoms with Crippen molar-refractivity contribution in [3.63, 3.8) is 0 Å². The number of para-hydroxylation sites is 1. The van der Waals surface area contributed by atoms with Crippen molar-refractivity contribution in [1.82, 2.24) is 26.1 Å². The molecule has 1 unspecified atom stereocenters. The molecule has 3 rings (SSSR count). The molecule has 33 heavy (non-hydrogen) atoms. The molecule has 0 bridgehead atoms. The van der Waals surface area contributed by atoms with Crippen LogP contribution >= 0.6 is 0 Å². The molecule has 2 amide bonds. The Hall–Kier alpha value is -3.34. The van der Waals surface area contributed by atoms with Gasteiger partial charge in [-0.2, -0.15) is 0 Å². The van der Waals surface area contributed by atoms with E-state index in [-0.39, 0.29) is 18.5 Å². The molecule has 0 spiro atoms. The summed E-state index contributed by atoms with van der Waals surface area (Å²) in [6, 6.07) is 13.4. The van der Waals surface area contributed by atoms with Crippen LogP contribution in [0.1, 0.15) is 18.4 Å². The van der Waals surface area contributed by atoms with Crippen molar-refractivity contribution in [3.05, 3.63) is 65.8 Å². The fraction of sp³-hybridized carbons (Fsp3) is 0.348. The van der Waals surface area contributed by atoms with Crippen LogP contribution in [-0.2, 0) is 6.54 Å². The van der Waals surface area contributed by atoms with E-state index in [0.29, 0.717) is 48.9 Å². The van der Waals surface area contributed by atoms with E-state index in [1.54, 1.807) is 38.1 Å². The number of benzene rings is 2. The maximum absolute atomic E-state index is 14.9. The van der Waals surface area contributed by atoms with Gasteiger partial charge in [-0.3, -0.25) is 10.2 Å². The summed E-state index contributed by atoms with van der Waals surface area (Å²) < 4.78 is 20.2. The summed E-state index contributed by atoms with van der Waals surface area (Å²) in [6.07, 6.45) is -0.559. The monoisotopic (exact) mass is 456 g/mol. The highest BCUT2D eigenvalue weighted by molar-refractivity contribution is 5.91. The van der Waals surface area contributed by atoms with Gasteiger partial charge < -0.3 is 20.2 Å². The molecule has 1 aromatic heterocycles. The first-order chi connectivity index (χ1) is 15.9. The zero-order valence-electron chi connectivity index (χ0n) is 18.7. The molecule has 1 heterocycles. The van der Waals surface area contributed by atoms with E-state index in [1.807, 2.05) is 18.2 Å². The van der Waals surface area contributed by atoms with Gasteiger partial charge in [-0.15, -0.1) is 10.2 Å². The van der Waals surface area contributed by atoms with E-state index in [0.717, 1.165) is 0 Å². The minimum atomic E-state index is -0.559. The number of urea groups is 1. The van der Waals surface area contributed by atoms with Crippen LogP contribution in [0.15, 0.2) is 52.9 Å². The Balaban J connectivity index is 1.63. The molecule has 9 nitrogen and oxygen atoms in total. The van der Waals surface area contributed by atoms with Gasteiger partial charge in [-0.05, 0) is 31.2 Å². The van der Waals surface area contributed by atoms with Crippen LogP contribution in [-0.4, -0.2) is 53.7 Å². The number of hydrogen-bond donors (Lipinski definition) is 4. The van der Waals surface area contributed by atoms with Crippen LogP contribution in [0.4, 0.5) is 14.9 Å². The van der Waals surface area contributed by atoms with Crippen molar-refractivity contribution in [3.8, 4) is 11.5 Å². The molecule has 0 aliphatic rings. The summed E-state index contributed by atoms with van der Waals surface area (Å²) in [5.41, 5.74) is 1.49. The molecule has 4 N–H and O–H groups in total. The number of aliphatic hydroxyl groups is 1. The van der Waals surface area contributed by atoms with Gasteiger partial charge in [-0.25, -0.2) is 9.18 Å². The van der Waals surface area contributed by atoms with Gasteiger partial charge in [0.1, 0.15) is 12.0 Å². The lowest BCUT2D eigenvalue weighted by Gasteiger charge is -2.24. The predicted octanol–water partition coefficient (Wildman–Crippen LogP) is 2.42. The van der Waals surface area contributed by atoms with E-state index < -0.39 is 12.0 Å².